The number of aliphatic carboxylic acids is 2. The zero-order valence-electron chi connectivity index (χ0n) is 10.1. The van der Waals surface area contributed by atoms with Crippen LogP contribution in [0.2, 0.25) is 0 Å². The van der Waals surface area contributed by atoms with Gasteiger partial charge in [0.1, 0.15) is 0 Å². The van der Waals surface area contributed by atoms with E-state index in [9.17, 15) is 9.59 Å². The molecule has 0 unspecified atom stereocenters. The van der Waals surface area contributed by atoms with Gasteiger partial charge in [0.15, 0.2) is 5.92 Å². The third-order valence-electron chi connectivity index (χ3n) is 2.70. The van der Waals surface area contributed by atoms with Crippen molar-refractivity contribution in [2.75, 3.05) is 0 Å². The van der Waals surface area contributed by atoms with Gasteiger partial charge < -0.3 is 10.2 Å². The summed E-state index contributed by atoms with van der Waals surface area (Å²) in [5.74, 6) is -4.19. The second kappa shape index (κ2) is 11.7. The number of carboxylic acids is 2. The van der Waals surface area contributed by atoms with Crippen LogP contribution in [-0.4, -0.2) is 73.5 Å². The van der Waals surface area contributed by atoms with E-state index >= 15 is 0 Å². The number of hydrogen-bond donors (Lipinski definition) is 2. The summed E-state index contributed by atoms with van der Waals surface area (Å²) >= 11 is 0. The first-order valence-corrected chi connectivity index (χ1v) is 5.92. The van der Waals surface area contributed by atoms with Crippen LogP contribution in [0.1, 0.15) is 52.4 Å². The van der Waals surface area contributed by atoms with Crippen LogP contribution in [0.15, 0.2) is 0 Å². The molecule has 0 spiro atoms. The fourth-order valence-corrected chi connectivity index (χ4v) is 1.74. The van der Waals surface area contributed by atoms with Crippen molar-refractivity contribution in [3.05, 3.63) is 0 Å². The summed E-state index contributed by atoms with van der Waals surface area (Å²) in [6, 6.07) is 0. The van der Waals surface area contributed by atoms with E-state index in [0.29, 0.717) is 0 Å². The van der Waals surface area contributed by atoms with Crippen LogP contribution in [0, 0.1) is 11.8 Å². The van der Waals surface area contributed by atoms with Crippen LogP contribution in [0.5, 0.6) is 0 Å². The quantitative estimate of drug-likeness (QED) is 0.608. The van der Waals surface area contributed by atoms with Gasteiger partial charge in [-0.1, -0.05) is 52.4 Å². The molecule has 1 fully saturated rings. The van der Waals surface area contributed by atoms with Crippen molar-refractivity contribution in [1.82, 2.24) is 0 Å². The van der Waals surface area contributed by atoms with Gasteiger partial charge in [-0.15, -0.1) is 0 Å². The normalized spacial score (nSPS) is 14.6. The standard InChI is InChI=1S/C6H10O4.C6H12.K.H/c1-3(2)4(5(7)8)6(9)10;1-2-4-6-5-3-1;;/h3-4H,1-2H3,(H,7,8)(H,9,10);1-6H2;;. The Bertz CT molecular complexity index is 199. The van der Waals surface area contributed by atoms with Crippen molar-refractivity contribution in [2.24, 2.45) is 11.8 Å². The third kappa shape index (κ3) is 10.2. The first kappa shape index (κ1) is 19.9. The predicted octanol–water partition coefficient (Wildman–Crippen LogP) is 2.12. The van der Waals surface area contributed by atoms with Gasteiger partial charge in [0, 0.05) is 0 Å². The molecule has 0 atom stereocenters. The predicted molar refractivity (Wildman–Crippen MR) is 68.5 cm³/mol. The average Bonchev–Trinajstić information content (AvgIpc) is 2.19. The molecule has 0 heterocycles. The van der Waals surface area contributed by atoms with Crippen LogP contribution in [-0.2, 0) is 9.59 Å². The first-order chi connectivity index (χ1) is 7.46. The molecule has 0 aromatic rings. The van der Waals surface area contributed by atoms with Gasteiger partial charge in [0.05, 0.1) is 0 Å². The van der Waals surface area contributed by atoms with E-state index in [1.165, 1.54) is 38.5 Å². The van der Waals surface area contributed by atoms with Gasteiger partial charge in [0.25, 0.3) is 0 Å². The molecule has 0 radical (unpaired) electrons. The van der Waals surface area contributed by atoms with Crippen LogP contribution < -0.4 is 0 Å². The van der Waals surface area contributed by atoms with Gasteiger partial charge in [-0.25, -0.2) is 0 Å². The van der Waals surface area contributed by atoms with Crippen molar-refractivity contribution in [1.29, 1.82) is 0 Å². The Morgan fingerprint density at radius 3 is 1.12 bits per heavy atom. The maximum atomic E-state index is 10.2. The number of carboxylic acid groups (broad SMARTS) is 2. The van der Waals surface area contributed by atoms with Crippen molar-refractivity contribution >= 4 is 63.3 Å². The number of rotatable bonds is 3. The van der Waals surface area contributed by atoms with E-state index in [4.69, 9.17) is 10.2 Å². The molecule has 4 nitrogen and oxygen atoms in total. The fraction of sp³-hybridized carbons (Fsp3) is 0.833. The molecule has 1 rings (SSSR count). The molecule has 5 heteroatoms. The molecule has 0 bridgehead atoms. The minimum atomic E-state index is -1.28. The molecule has 0 amide bonds. The third-order valence-corrected chi connectivity index (χ3v) is 2.70. The van der Waals surface area contributed by atoms with E-state index in [1.54, 1.807) is 13.8 Å². The average molecular weight is 270 g/mol. The monoisotopic (exact) mass is 270 g/mol. The van der Waals surface area contributed by atoms with Crippen LogP contribution >= 0.6 is 0 Å². The van der Waals surface area contributed by atoms with Crippen molar-refractivity contribution in [3.8, 4) is 0 Å². The van der Waals surface area contributed by atoms with Gasteiger partial charge in [0.2, 0.25) is 0 Å². The Labute approximate surface area is 146 Å². The Balaban J connectivity index is 0. The Morgan fingerprint density at radius 2 is 1.06 bits per heavy atom. The summed E-state index contributed by atoms with van der Waals surface area (Å²) in [7, 11) is 0. The molecular weight excluding hydrogens is 247 g/mol. The van der Waals surface area contributed by atoms with E-state index in [-0.39, 0.29) is 57.3 Å². The van der Waals surface area contributed by atoms with E-state index in [0.717, 1.165) is 0 Å². The summed E-state index contributed by atoms with van der Waals surface area (Å²) in [6.45, 7) is 3.12. The molecular formula is C12H23KO4. The number of carbonyl (C=O) groups is 2. The van der Waals surface area contributed by atoms with E-state index in [2.05, 4.69) is 0 Å². The van der Waals surface area contributed by atoms with E-state index in [1.807, 2.05) is 0 Å². The molecule has 0 aliphatic heterocycles. The molecule has 0 aromatic heterocycles. The zero-order chi connectivity index (χ0) is 12.6. The van der Waals surface area contributed by atoms with Crippen molar-refractivity contribution in [3.63, 3.8) is 0 Å². The molecule has 1 aliphatic rings. The van der Waals surface area contributed by atoms with Gasteiger partial charge in [-0.2, -0.15) is 0 Å². The van der Waals surface area contributed by atoms with Gasteiger partial charge in [-0.05, 0) is 5.92 Å². The fourth-order valence-electron chi connectivity index (χ4n) is 1.74. The second-order valence-corrected chi connectivity index (χ2v) is 4.52. The number of hydrogen-bond acceptors (Lipinski definition) is 2. The molecule has 0 aromatic carbocycles. The summed E-state index contributed by atoms with van der Waals surface area (Å²) in [6.07, 6.45) is 9.00. The van der Waals surface area contributed by atoms with Crippen LogP contribution in [0.4, 0.5) is 0 Å². The second-order valence-electron chi connectivity index (χ2n) is 4.52. The van der Waals surface area contributed by atoms with E-state index < -0.39 is 17.9 Å². The maximum absolute atomic E-state index is 10.2. The van der Waals surface area contributed by atoms with Crippen molar-refractivity contribution in [2.45, 2.75) is 52.4 Å². The zero-order valence-corrected chi connectivity index (χ0v) is 10.1. The van der Waals surface area contributed by atoms with Crippen LogP contribution in [0.3, 0.4) is 0 Å². The van der Waals surface area contributed by atoms with Gasteiger partial charge >= 0.3 is 63.3 Å². The Hall–Kier alpha value is 0.576. The van der Waals surface area contributed by atoms with Gasteiger partial charge in [-0.3, -0.25) is 9.59 Å². The minimum absolute atomic E-state index is 0. The molecule has 96 valence electrons. The summed E-state index contributed by atoms with van der Waals surface area (Å²) < 4.78 is 0. The molecule has 1 saturated carbocycles. The Kier molecular flexibility index (Phi) is 13.6. The van der Waals surface area contributed by atoms with Crippen LogP contribution in [0.25, 0.3) is 0 Å². The molecule has 2 N–H and O–H groups in total. The molecule has 17 heavy (non-hydrogen) atoms. The SMILES string of the molecule is C1CCCCC1.CC(C)C(C(=O)O)C(=O)O.[KH]. The van der Waals surface area contributed by atoms with Crippen molar-refractivity contribution < 1.29 is 19.8 Å². The molecule has 0 saturated heterocycles. The summed E-state index contributed by atoms with van der Waals surface area (Å²) in [4.78, 5) is 20.4. The first-order valence-electron chi connectivity index (χ1n) is 5.92. The Morgan fingerprint density at radius 1 is 0.824 bits per heavy atom. The summed E-state index contributed by atoms with van der Waals surface area (Å²) in [5, 5.41) is 16.7. The summed E-state index contributed by atoms with van der Waals surface area (Å²) in [5.41, 5.74) is 0. The molecule has 1 aliphatic carbocycles. The topological polar surface area (TPSA) is 74.6 Å².